The van der Waals surface area contributed by atoms with Crippen LogP contribution in [0.5, 0.6) is 0 Å². The van der Waals surface area contributed by atoms with Crippen LogP contribution in [0.25, 0.3) is 0 Å². The molecule has 2 atom stereocenters. The highest BCUT2D eigenvalue weighted by Crippen LogP contribution is 2.20. The summed E-state index contributed by atoms with van der Waals surface area (Å²) < 4.78 is 0. The summed E-state index contributed by atoms with van der Waals surface area (Å²) in [6.45, 7) is 1.82. The van der Waals surface area contributed by atoms with Crippen molar-refractivity contribution in [2.75, 3.05) is 7.05 Å². The standard InChI is InChI=1S/C16H18N2O2/c1-12(15(19)13-8-4-3-5-9-13)18(2)16(20)14-10-6-7-11-17-14/h3-12,15,19H,1-2H3/t12-,15-/m1/s1. The molecule has 2 rings (SSSR count). The van der Waals surface area contributed by atoms with Gasteiger partial charge >= 0.3 is 0 Å². The predicted octanol–water partition coefficient (Wildman–Crippen LogP) is 2.28. The minimum atomic E-state index is -0.728. The van der Waals surface area contributed by atoms with Crippen molar-refractivity contribution < 1.29 is 9.90 Å². The Hall–Kier alpha value is -2.20. The second-order valence-electron chi connectivity index (χ2n) is 4.73. The van der Waals surface area contributed by atoms with Gasteiger partial charge in [-0.05, 0) is 24.6 Å². The first kappa shape index (κ1) is 14.2. The summed E-state index contributed by atoms with van der Waals surface area (Å²) in [5, 5.41) is 10.3. The van der Waals surface area contributed by atoms with Crippen molar-refractivity contribution in [3.63, 3.8) is 0 Å². The number of aliphatic hydroxyl groups excluding tert-OH is 1. The molecule has 1 N–H and O–H groups in total. The van der Waals surface area contributed by atoms with Crippen molar-refractivity contribution in [3.05, 3.63) is 66.0 Å². The molecule has 1 amide bonds. The van der Waals surface area contributed by atoms with Gasteiger partial charge in [-0.2, -0.15) is 0 Å². The summed E-state index contributed by atoms with van der Waals surface area (Å²) in [7, 11) is 1.67. The normalized spacial score (nSPS) is 13.6. The third-order valence-electron chi connectivity index (χ3n) is 3.41. The molecule has 1 heterocycles. The van der Waals surface area contributed by atoms with Gasteiger partial charge in [0.1, 0.15) is 5.69 Å². The van der Waals surface area contributed by atoms with Crippen LogP contribution in [0.2, 0.25) is 0 Å². The van der Waals surface area contributed by atoms with Gasteiger partial charge in [0.2, 0.25) is 0 Å². The van der Waals surface area contributed by atoms with Gasteiger partial charge in [-0.15, -0.1) is 0 Å². The lowest BCUT2D eigenvalue weighted by atomic mass is 10.0. The van der Waals surface area contributed by atoms with Crippen molar-refractivity contribution in [1.29, 1.82) is 0 Å². The van der Waals surface area contributed by atoms with Crippen LogP contribution in [0.4, 0.5) is 0 Å². The number of nitrogens with zero attached hydrogens (tertiary/aromatic N) is 2. The van der Waals surface area contributed by atoms with E-state index in [2.05, 4.69) is 4.98 Å². The van der Waals surface area contributed by atoms with Gasteiger partial charge in [-0.1, -0.05) is 36.4 Å². The minimum absolute atomic E-state index is 0.201. The molecular formula is C16H18N2O2. The second-order valence-corrected chi connectivity index (χ2v) is 4.73. The summed E-state index contributed by atoms with van der Waals surface area (Å²) in [5.74, 6) is -0.201. The molecule has 104 valence electrons. The Balaban J connectivity index is 2.13. The smallest absolute Gasteiger partial charge is 0.272 e. The van der Waals surface area contributed by atoms with Gasteiger partial charge in [0.05, 0.1) is 12.1 Å². The highest BCUT2D eigenvalue weighted by molar-refractivity contribution is 5.92. The number of pyridine rings is 1. The van der Waals surface area contributed by atoms with E-state index in [4.69, 9.17) is 0 Å². The van der Waals surface area contributed by atoms with E-state index in [1.54, 1.807) is 31.4 Å². The minimum Gasteiger partial charge on any atom is -0.386 e. The quantitative estimate of drug-likeness (QED) is 0.927. The molecule has 0 aliphatic rings. The van der Waals surface area contributed by atoms with Gasteiger partial charge < -0.3 is 10.0 Å². The van der Waals surface area contributed by atoms with E-state index in [9.17, 15) is 9.90 Å². The zero-order chi connectivity index (χ0) is 14.5. The molecule has 20 heavy (non-hydrogen) atoms. The Morgan fingerprint density at radius 2 is 1.80 bits per heavy atom. The first-order chi connectivity index (χ1) is 9.61. The van der Waals surface area contributed by atoms with Crippen LogP contribution in [-0.2, 0) is 0 Å². The molecule has 0 radical (unpaired) electrons. The molecule has 0 saturated carbocycles. The van der Waals surface area contributed by atoms with E-state index in [1.807, 2.05) is 37.3 Å². The lowest BCUT2D eigenvalue weighted by molar-refractivity contribution is 0.0482. The van der Waals surface area contributed by atoms with Crippen molar-refractivity contribution in [2.24, 2.45) is 0 Å². The Morgan fingerprint density at radius 1 is 1.15 bits per heavy atom. The summed E-state index contributed by atoms with van der Waals surface area (Å²) >= 11 is 0. The van der Waals surface area contributed by atoms with Gasteiger partial charge in [-0.3, -0.25) is 9.78 Å². The van der Waals surface area contributed by atoms with E-state index in [0.717, 1.165) is 5.56 Å². The Labute approximate surface area is 118 Å². The zero-order valence-corrected chi connectivity index (χ0v) is 11.6. The maximum absolute atomic E-state index is 12.3. The average Bonchev–Trinajstić information content (AvgIpc) is 2.53. The van der Waals surface area contributed by atoms with E-state index < -0.39 is 6.10 Å². The van der Waals surface area contributed by atoms with Crippen molar-refractivity contribution >= 4 is 5.91 Å². The van der Waals surface area contributed by atoms with Gasteiger partial charge in [0.15, 0.2) is 0 Å². The highest BCUT2D eigenvalue weighted by Gasteiger charge is 2.25. The molecule has 1 aromatic heterocycles. The molecule has 4 nitrogen and oxygen atoms in total. The number of benzene rings is 1. The lowest BCUT2D eigenvalue weighted by Crippen LogP contribution is -2.39. The van der Waals surface area contributed by atoms with Gasteiger partial charge in [0.25, 0.3) is 5.91 Å². The second kappa shape index (κ2) is 6.30. The number of hydrogen-bond donors (Lipinski definition) is 1. The monoisotopic (exact) mass is 270 g/mol. The molecule has 1 aromatic carbocycles. The van der Waals surface area contributed by atoms with Gasteiger partial charge in [-0.25, -0.2) is 0 Å². The molecule has 0 fully saturated rings. The number of aromatic nitrogens is 1. The third-order valence-corrected chi connectivity index (χ3v) is 3.41. The van der Waals surface area contributed by atoms with E-state index in [-0.39, 0.29) is 11.9 Å². The summed E-state index contributed by atoms with van der Waals surface area (Å²) in [4.78, 5) is 17.8. The van der Waals surface area contributed by atoms with Crippen molar-refractivity contribution in [1.82, 2.24) is 9.88 Å². The number of likely N-dealkylation sites (N-methyl/N-ethyl adjacent to an activating group) is 1. The zero-order valence-electron chi connectivity index (χ0n) is 11.6. The first-order valence-electron chi connectivity index (χ1n) is 6.52. The Morgan fingerprint density at radius 3 is 2.40 bits per heavy atom. The fraction of sp³-hybridized carbons (Fsp3) is 0.250. The molecular weight excluding hydrogens is 252 g/mol. The molecule has 0 unspecified atom stereocenters. The molecule has 0 aliphatic carbocycles. The number of hydrogen-bond acceptors (Lipinski definition) is 3. The molecule has 0 saturated heterocycles. The average molecular weight is 270 g/mol. The first-order valence-corrected chi connectivity index (χ1v) is 6.52. The topological polar surface area (TPSA) is 53.4 Å². The van der Waals surface area contributed by atoms with Crippen LogP contribution in [0, 0.1) is 0 Å². The lowest BCUT2D eigenvalue weighted by Gasteiger charge is -2.29. The SMILES string of the molecule is C[C@H]([C@@H](O)c1ccccc1)N(C)C(=O)c1ccccn1. The summed E-state index contributed by atoms with van der Waals surface area (Å²) in [5.41, 5.74) is 1.17. The largest absolute Gasteiger partial charge is 0.386 e. The van der Waals surface area contributed by atoms with Crippen LogP contribution in [0.3, 0.4) is 0 Å². The van der Waals surface area contributed by atoms with E-state index in [0.29, 0.717) is 5.69 Å². The number of aliphatic hydroxyl groups is 1. The van der Waals surface area contributed by atoms with Crippen molar-refractivity contribution in [3.8, 4) is 0 Å². The highest BCUT2D eigenvalue weighted by atomic mass is 16.3. The Kier molecular flexibility index (Phi) is 4.48. The van der Waals surface area contributed by atoms with Crippen LogP contribution in [-0.4, -0.2) is 34.0 Å². The fourth-order valence-corrected chi connectivity index (χ4v) is 2.00. The molecule has 4 heteroatoms. The maximum Gasteiger partial charge on any atom is 0.272 e. The molecule has 2 aromatic rings. The van der Waals surface area contributed by atoms with Crippen LogP contribution in [0.1, 0.15) is 29.1 Å². The third kappa shape index (κ3) is 3.03. The number of rotatable bonds is 4. The molecule has 0 spiro atoms. The predicted molar refractivity (Wildman–Crippen MR) is 77.2 cm³/mol. The fourth-order valence-electron chi connectivity index (χ4n) is 2.00. The van der Waals surface area contributed by atoms with E-state index >= 15 is 0 Å². The Bertz CT molecular complexity index is 557. The van der Waals surface area contributed by atoms with E-state index in [1.165, 1.54) is 4.90 Å². The number of carbonyl (C=O) groups is 1. The molecule has 0 aliphatic heterocycles. The number of carbonyl (C=O) groups excluding carboxylic acids is 1. The molecule has 0 bridgehead atoms. The summed E-state index contributed by atoms with van der Waals surface area (Å²) in [6.07, 6.45) is 0.855. The van der Waals surface area contributed by atoms with Crippen molar-refractivity contribution in [2.45, 2.75) is 19.1 Å². The number of amides is 1. The van der Waals surface area contributed by atoms with Crippen LogP contribution < -0.4 is 0 Å². The van der Waals surface area contributed by atoms with Crippen LogP contribution in [0.15, 0.2) is 54.7 Å². The van der Waals surface area contributed by atoms with Gasteiger partial charge in [0, 0.05) is 13.2 Å². The van der Waals surface area contributed by atoms with Crippen LogP contribution >= 0.6 is 0 Å². The summed E-state index contributed by atoms with van der Waals surface area (Å²) in [6, 6.07) is 14.2. The maximum atomic E-state index is 12.3.